The first-order valence-corrected chi connectivity index (χ1v) is 5.56. The van der Waals surface area contributed by atoms with Crippen LogP contribution in [0.15, 0.2) is 24.3 Å². The van der Waals surface area contributed by atoms with Gasteiger partial charge in [0.25, 0.3) is 0 Å². The summed E-state index contributed by atoms with van der Waals surface area (Å²) in [6.45, 7) is 0.264. The van der Waals surface area contributed by atoms with E-state index >= 15 is 0 Å². The Hall–Kier alpha value is -0.860. The van der Waals surface area contributed by atoms with Crippen LogP contribution in [0.3, 0.4) is 0 Å². The molecule has 1 N–H and O–H groups in total. The van der Waals surface area contributed by atoms with Crippen LogP contribution in [0.4, 0.5) is 0 Å². The predicted molar refractivity (Wildman–Crippen MR) is 59.8 cm³/mol. The highest BCUT2D eigenvalue weighted by Crippen LogP contribution is 2.48. The Kier molecular flexibility index (Phi) is 3.08. The van der Waals surface area contributed by atoms with E-state index in [9.17, 15) is 0 Å². The van der Waals surface area contributed by atoms with Gasteiger partial charge >= 0.3 is 0 Å². The first kappa shape index (κ1) is 10.7. The Morgan fingerprint density at radius 1 is 1.40 bits per heavy atom. The van der Waals surface area contributed by atoms with Crippen molar-refractivity contribution in [2.75, 3.05) is 13.7 Å². The molecule has 1 aromatic carbocycles. The first-order chi connectivity index (χ1) is 7.30. The van der Waals surface area contributed by atoms with Gasteiger partial charge in [-0.05, 0) is 36.8 Å². The zero-order chi connectivity index (χ0) is 10.7. The van der Waals surface area contributed by atoms with Gasteiger partial charge in [-0.1, -0.05) is 24.3 Å². The van der Waals surface area contributed by atoms with E-state index in [0.29, 0.717) is 0 Å². The number of benzene rings is 1. The zero-order valence-corrected chi connectivity index (χ0v) is 9.20. The number of methoxy groups -OCH3 is 1. The maximum atomic E-state index is 8.79. The third kappa shape index (κ3) is 2.21. The number of hydrogen-bond acceptors (Lipinski definition) is 2. The lowest BCUT2D eigenvalue weighted by atomic mass is 10.0. The average Bonchev–Trinajstić information content (AvgIpc) is 3.08. The third-order valence-electron chi connectivity index (χ3n) is 3.17. The summed E-state index contributed by atoms with van der Waals surface area (Å²) in [5.41, 5.74) is 2.60. The van der Waals surface area contributed by atoms with Gasteiger partial charge in [0.05, 0.1) is 5.60 Å². The summed E-state index contributed by atoms with van der Waals surface area (Å²) in [5.74, 6) is 0. The Morgan fingerprint density at radius 2 is 2.20 bits per heavy atom. The molecule has 0 heterocycles. The van der Waals surface area contributed by atoms with Crippen LogP contribution >= 0.6 is 0 Å². The Balaban J connectivity index is 2.12. The number of hydrogen-bond donors (Lipinski definition) is 1. The third-order valence-corrected chi connectivity index (χ3v) is 3.17. The highest BCUT2D eigenvalue weighted by Gasteiger charge is 2.44. The number of ether oxygens (including phenoxy) is 1. The monoisotopic (exact) mass is 206 g/mol. The van der Waals surface area contributed by atoms with E-state index in [1.807, 2.05) is 0 Å². The van der Waals surface area contributed by atoms with Gasteiger partial charge in [-0.2, -0.15) is 0 Å². The molecule has 0 aliphatic heterocycles. The van der Waals surface area contributed by atoms with Crippen LogP contribution < -0.4 is 0 Å². The van der Waals surface area contributed by atoms with Crippen LogP contribution in [0.5, 0.6) is 0 Å². The number of aryl methyl sites for hydroxylation is 1. The van der Waals surface area contributed by atoms with Crippen molar-refractivity contribution < 1.29 is 9.84 Å². The van der Waals surface area contributed by atoms with Gasteiger partial charge in [-0.15, -0.1) is 0 Å². The molecule has 15 heavy (non-hydrogen) atoms. The second kappa shape index (κ2) is 4.33. The van der Waals surface area contributed by atoms with Crippen LogP contribution in [-0.2, 0) is 16.8 Å². The molecule has 0 spiro atoms. The van der Waals surface area contributed by atoms with Crippen LogP contribution in [0.2, 0.25) is 0 Å². The summed E-state index contributed by atoms with van der Waals surface area (Å²) in [5, 5.41) is 8.79. The van der Waals surface area contributed by atoms with Crippen LogP contribution in [0, 0.1) is 0 Å². The van der Waals surface area contributed by atoms with E-state index in [2.05, 4.69) is 24.3 Å². The molecule has 2 nitrogen and oxygen atoms in total. The second-order valence-corrected chi connectivity index (χ2v) is 4.23. The van der Waals surface area contributed by atoms with Crippen molar-refractivity contribution in [1.29, 1.82) is 0 Å². The van der Waals surface area contributed by atoms with Gasteiger partial charge in [0.2, 0.25) is 0 Å². The van der Waals surface area contributed by atoms with Crippen LogP contribution in [0.25, 0.3) is 0 Å². The van der Waals surface area contributed by atoms with Gasteiger partial charge in [-0.3, -0.25) is 0 Å². The predicted octanol–water partition coefficient (Wildman–Crippen LogP) is 2.25. The zero-order valence-electron chi connectivity index (χ0n) is 9.20. The van der Waals surface area contributed by atoms with E-state index < -0.39 is 0 Å². The Labute approximate surface area is 90.9 Å². The van der Waals surface area contributed by atoms with Crippen molar-refractivity contribution in [2.24, 2.45) is 0 Å². The molecule has 1 aliphatic rings. The number of aliphatic hydroxyl groups is 1. The fraction of sp³-hybridized carbons (Fsp3) is 0.538. The molecular formula is C13H18O2. The van der Waals surface area contributed by atoms with Crippen LogP contribution in [0.1, 0.15) is 30.4 Å². The molecule has 0 unspecified atom stereocenters. The summed E-state index contributed by atoms with van der Waals surface area (Å²) in [4.78, 5) is 0. The van der Waals surface area contributed by atoms with Gasteiger partial charge in [0, 0.05) is 13.7 Å². The average molecular weight is 206 g/mol. The molecule has 0 amide bonds. The van der Waals surface area contributed by atoms with Gasteiger partial charge in [-0.25, -0.2) is 0 Å². The number of rotatable bonds is 5. The highest BCUT2D eigenvalue weighted by molar-refractivity contribution is 5.32. The molecule has 0 saturated heterocycles. The molecule has 1 aromatic rings. The molecule has 0 bridgehead atoms. The van der Waals surface area contributed by atoms with E-state index in [4.69, 9.17) is 9.84 Å². The first-order valence-electron chi connectivity index (χ1n) is 5.56. The lowest BCUT2D eigenvalue weighted by molar-refractivity contribution is 0.0788. The number of aliphatic hydroxyl groups excluding tert-OH is 1. The summed E-state index contributed by atoms with van der Waals surface area (Å²) < 4.78 is 5.54. The molecule has 0 radical (unpaired) electrons. The molecule has 2 heteroatoms. The van der Waals surface area contributed by atoms with Gasteiger partial charge in [0.1, 0.15) is 0 Å². The molecular weight excluding hydrogens is 188 g/mol. The van der Waals surface area contributed by atoms with E-state index in [1.165, 1.54) is 11.1 Å². The van der Waals surface area contributed by atoms with Crippen molar-refractivity contribution >= 4 is 0 Å². The summed E-state index contributed by atoms with van der Waals surface area (Å²) in [7, 11) is 1.79. The van der Waals surface area contributed by atoms with Crippen molar-refractivity contribution in [3.8, 4) is 0 Å². The summed E-state index contributed by atoms with van der Waals surface area (Å²) >= 11 is 0. The SMILES string of the molecule is COC1(c2cccc(CCCO)c2)CC1. The Bertz CT molecular complexity index is 329. The minimum absolute atomic E-state index is 0.00915. The second-order valence-electron chi connectivity index (χ2n) is 4.23. The fourth-order valence-electron chi connectivity index (χ4n) is 2.02. The molecule has 82 valence electrons. The summed E-state index contributed by atoms with van der Waals surface area (Å²) in [6, 6.07) is 8.55. The molecule has 0 atom stereocenters. The summed E-state index contributed by atoms with van der Waals surface area (Å²) in [6.07, 6.45) is 4.05. The smallest absolute Gasteiger partial charge is 0.0930 e. The highest BCUT2D eigenvalue weighted by atomic mass is 16.5. The quantitative estimate of drug-likeness (QED) is 0.800. The maximum Gasteiger partial charge on any atom is 0.0930 e. The van der Waals surface area contributed by atoms with Crippen molar-refractivity contribution in [1.82, 2.24) is 0 Å². The molecule has 0 aromatic heterocycles. The van der Waals surface area contributed by atoms with Crippen molar-refractivity contribution in [3.05, 3.63) is 35.4 Å². The molecule has 1 aliphatic carbocycles. The van der Waals surface area contributed by atoms with E-state index in [-0.39, 0.29) is 12.2 Å². The maximum absolute atomic E-state index is 8.79. The molecule has 1 saturated carbocycles. The van der Waals surface area contributed by atoms with Gasteiger partial charge < -0.3 is 9.84 Å². The fourth-order valence-corrected chi connectivity index (χ4v) is 2.02. The van der Waals surface area contributed by atoms with E-state index in [1.54, 1.807) is 7.11 Å². The largest absolute Gasteiger partial charge is 0.396 e. The van der Waals surface area contributed by atoms with E-state index in [0.717, 1.165) is 25.7 Å². The minimum atomic E-state index is 0.00915. The van der Waals surface area contributed by atoms with Crippen molar-refractivity contribution in [3.63, 3.8) is 0 Å². The Morgan fingerprint density at radius 3 is 2.80 bits per heavy atom. The lowest BCUT2D eigenvalue weighted by Crippen LogP contribution is -2.09. The van der Waals surface area contributed by atoms with Crippen molar-refractivity contribution in [2.45, 2.75) is 31.3 Å². The normalized spacial score (nSPS) is 17.7. The van der Waals surface area contributed by atoms with Crippen LogP contribution in [-0.4, -0.2) is 18.8 Å². The molecule has 2 rings (SSSR count). The standard InChI is InChI=1S/C13H18O2/c1-15-13(7-8-13)12-6-2-4-11(10-12)5-3-9-14/h2,4,6,10,14H,3,5,7-9H2,1H3. The van der Waals surface area contributed by atoms with Gasteiger partial charge in [0.15, 0.2) is 0 Å². The molecule has 1 fully saturated rings. The minimum Gasteiger partial charge on any atom is -0.396 e. The lowest BCUT2D eigenvalue weighted by Gasteiger charge is -2.14. The topological polar surface area (TPSA) is 29.5 Å².